The predicted molar refractivity (Wildman–Crippen MR) is 127 cm³/mol. The number of ether oxygens (including phenoxy) is 2. The molecule has 3 aromatic rings. The SMILES string of the molecule is CCCN(Cc1c(C)nn(-c2ccccc2)c1Oc1cccc(F)c1)CC(O)COC(C)C. The van der Waals surface area contributed by atoms with Crippen molar-refractivity contribution >= 4 is 0 Å². The van der Waals surface area contributed by atoms with Gasteiger partial charge in [-0.15, -0.1) is 0 Å². The Bertz CT molecular complexity index is 1010. The number of hydrogen-bond donors (Lipinski definition) is 1. The largest absolute Gasteiger partial charge is 0.438 e. The van der Waals surface area contributed by atoms with Gasteiger partial charge < -0.3 is 14.6 Å². The summed E-state index contributed by atoms with van der Waals surface area (Å²) in [7, 11) is 0. The van der Waals surface area contributed by atoms with Crippen LogP contribution < -0.4 is 4.74 Å². The molecule has 0 radical (unpaired) electrons. The first kappa shape index (κ1) is 24.9. The summed E-state index contributed by atoms with van der Waals surface area (Å²) in [6.07, 6.45) is 0.400. The average Bonchev–Trinajstić information content (AvgIpc) is 3.08. The fraction of sp³-hybridized carbons (Fsp3) is 0.423. The fourth-order valence-corrected chi connectivity index (χ4v) is 3.64. The van der Waals surface area contributed by atoms with Gasteiger partial charge in [0.2, 0.25) is 5.88 Å². The number of aromatic nitrogens is 2. The van der Waals surface area contributed by atoms with Gasteiger partial charge in [0.25, 0.3) is 0 Å². The van der Waals surface area contributed by atoms with Crippen LogP contribution in [0.4, 0.5) is 4.39 Å². The van der Waals surface area contributed by atoms with Gasteiger partial charge >= 0.3 is 0 Å². The monoisotopic (exact) mass is 455 g/mol. The Hall–Kier alpha value is -2.74. The number of aryl methyl sites for hydroxylation is 1. The number of halogens is 1. The molecule has 33 heavy (non-hydrogen) atoms. The molecule has 0 saturated heterocycles. The minimum absolute atomic E-state index is 0.0666. The van der Waals surface area contributed by atoms with Crippen molar-refractivity contribution in [2.24, 2.45) is 0 Å². The van der Waals surface area contributed by atoms with E-state index in [1.165, 1.54) is 12.1 Å². The van der Waals surface area contributed by atoms with Gasteiger partial charge in [-0.2, -0.15) is 5.10 Å². The molecule has 0 aliphatic carbocycles. The first-order chi connectivity index (χ1) is 15.9. The predicted octanol–water partition coefficient (Wildman–Crippen LogP) is 5.11. The van der Waals surface area contributed by atoms with E-state index in [2.05, 4.69) is 11.8 Å². The zero-order valence-electron chi connectivity index (χ0n) is 19.9. The molecule has 3 rings (SSSR count). The Kier molecular flexibility index (Phi) is 9.00. The molecule has 0 saturated carbocycles. The number of nitrogens with zero attached hydrogens (tertiary/aromatic N) is 3. The van der Waals surface area contributed by atoms with E-state index in [4.69, 9.17) is 14.6 Å². The maximum Gasteiger partial charge on any atom is 0.227 e. The third kappa shape index (κ3) is 7.12. The summed E-state index contributed by atoms with van der Waals surface area (Å²) >= 11 is 0. The van der Waals surface area contributed by atoms with Crippen LogP contribution in [0.15, 0.2) is 54.6 Å². The second-order valence-electron chi connectivity index (χ2n) is 8.45. The molecule has 7 heteroatoms. The molecular formula is C26H34FN3O3. The number of aliphatic hydroxyl groups excluding tert-OH is 1. The lowest BCUT2D eigenvalue weighted by Crippen LogP contribution is -2.35. The van der Waals surface area contributed by atoms with Crippen molar-refractivity contribution in [3.8, 4) is 17.3 Å². The van der Waals surface area contributed by atoms with Crippen molar-refractivity contribution in [3.05, 3.63) is 71.7 Å². The zero-order chi connectivity index (χ0) is 23.8. The molecule has 0 spiro atoms. The van der Waals surface area contributed by atoms with Crippen molar-refractivity contribution in [1.82, 2.24) is 14.7 Å². The second-order valence-corrected chi connectivity index (χ2v) is 8.45. The third-order valence-corrected chi connectivity index (χ3v) is 5.16. The smallest absolute Gasteiger partial charge is 0.227 e. The standard InChI is InChI=1S/C26H34FN3O3/c1-5-14-29(16-23(31)18-32-19(2)3)17-25-20(4)28-30(22-11-7-6-8-12-22)26(25)33-24-13-9-10-21(27)15-24/h6-13,15,19,23,31H,5,14,16-18H2,1-4H3. The summed E-state index contributed by atoms with van der Waals surface area (Å²) < 4.78 is 27.4. The molecule has 178 valence electrons. The summed E-state index contributed by atoms with van der Waals surface area (Å²) in [6, 6.07) is 15.8. The maximum atomic E-state index is 13.8. The van der Waals surface area contributed by atoms with Gasteiger partial charge in [-0.1, -0.05) is 31.2 Å². The number of para-hydroxylation sites is 1. The van der Waals surface area contributed by atoms with Crippen LogP contribution in [-0.2, 0) is 11.3 Å². The Morgan fingerprint density at radius 3 is 2.55 bits per heavy atom. The molecule has 1 atom stereocenters. The molecule has 2 aromatic carbocycles. The van der Waals surface area contributed by atoms with Gasteiger partial charge in [-0.05, 0) is 58.0 Å². The molecule has 1 aromatic heterocycles. The Morgan fingerprint density at radius 1 is 1.12 bits per heavy atom. The molecule has 0 aliphatic heterocycles. The molecule has 6 nitrogen and oxygen atoms in total. The van der Waals surface area contributed by atoms with Gasteiger partial charge in [0.05, 0.1) is 35.8 Å². The highest BCUT2D eigenvalue weighted by molar-refractivity contribution is 5.43. The normalized spacial score (nSPS) is 12.5. The summed E-state index contributed by atoms with van der Waals surface area (Å²) in [6.45, 7) is 10.0. The van der Waals surface area contributed by atoms with E-state index < -0.39 is 6.10 Å². The average molecular weight is 456 g/mol. The van der Waals surface area contributed by atoms with Crippen LogP contribution in [-0.4, -0.2) is 51.7 Å². The summed E-state index contributed by atoms with van der Waals surface area (Å²) in [5.74, 6) is 0.580. The van der Waals surface area contributed by atoms with E-state index in [0.717, 1.165) is 29.9 Å². The molecule has 1 heterocycles. The minimum atomic E-state index is -0.601. The lowest BCUT2D eigenvalue weighted by Gasteiger charge is -2.25. The molecule has 0 fully saturated rings. The highest BCUT2D eigenvalue weighted by atomic mass is 19.1. The first-order valence-electron chi connectivity index (χ1n) is 11.5. The lowest BCUT2D eigenvalue weighted by molar-refractivity contribution is -0.00957. The van der Waals surface area contributed by atoms with Crippen molar-refractivity contribution in [3.63, 3.8) is 0 Å². The first-order valence-corrected chi connectivity index (χ1v) is 11.5. The van der Waals surface area contributed by atoms with Gasteiger partial charge in [0.15, 0.2) is 0 Å². The lowest BCUT2D eigenvalue weighted by atomic mass is 10.2. The number of benzene rings is 2. The van der Waals surface area contributed by atoms with Crippen LogP contribution >= 0.6 is 0 Å². The summed E-state index contributed by atoms with van der Waals surface area (Å²) in [4.78, 5) is 2.17. The summed E-state index contributed by atoms with van der Waals surface area (Å²) in [5, 5.41) is 15.2. The Labute approximate surface area is 195 Å². The molecule has 1 N–H and O–H groups in total. The van der Waals surface area contributed by atoms with Gasteiger partial charge in [0, 0.05) is 19.2 Å². The van der Waals surface area contributed by atoms with E-state index in [9.17, 15) is 9.50 Å². The topological polar surface area (TPSA) is 59.8 Å². The van der Waals surface area contributed by atoms with Gasteiger partial charge in [0.1, 0.15) is 11.6 Å². The number of aliphatic hydroxyl groups is 1. The van der Waals surface area contributed by atoms with Crippen LogP contribution in [0.1, 0.15) is 38.4 Å². The Balaban J connectivity index is 1.92. The van der Waals surface area contributed by atoms with Crippen LogP contribution in [0.5, 0.6) is 11.6 Å². The van der Waals surface area contributed by atoms with Crippen molar-refractivity contribution in [2.45, 2.75) is 52.9 Å². The highest BCUT2D eigenvalue weighted by Crippen LogP contribution is 2.32. The van der Waals surface area contributed by atoms with Crippen molar-refractivity contribution < 1.29 is 19.0 Å². The van der Waals surface area contributed by atoms with Crippen molar-refractivity contribution in [1.29, 1.82) is 0 Å². The molecule has 0 amide bonds. The number of rotatable bonds is 12. The summed E-state index contributed by atoms with van der Waals surface area (Å²) in [5.41, 5.74) is 2.57. The van der Waals surface area contributed by atoms with Crippen LogP contribution in [0, 0.1) is 12.7 Å². The minimum Gasteiger partial charge on any atom is -0.438 e. The quantitative estimate of drug-likeness (QED) is 0.411. The van der Waals surface area contributed by atoms with E-state index >= 15 is 0 Å². The van der Waals surface area contributed by atoms with Crippen LogP contribution in [0.3, 0.4) is 0 Å². The van der Waals surface area contributed by atoms with Crippen LogP contribution in [0.2, 0.25) is 0 Å². The highest BCUT2D eigenvalue weighted by Gasteiger charge is 2.22. The van der Waals surface area contributed by atoms with Gasteiger partial charge in [-0.3, -0.25) is 4.90 Å². The number of hydrogen-bond acceptors (Lipinski definition) is 5. The van der Waals surface area contributed by atoms with E-state index in [1.807, 2.05) is 51.1 Å². The second kappa shape index (κ2) is 11.9. The van der Waals surface area contributed by atoms with E-state index in [0.29, 0.717) is 24.7 Å². The Morgan fingerprint density at radius 2 is 1.88 bits per heavy atom. The fourth-order valence-electron chi connectivity index (χ4n) is 3.64. The third-order valence-electron chi connectivity index (χ3n) is 5.16. The molecule has 0 bridgehead atoms. The molecule has 0 aliphatic rings. The molecular weight excluding hydrogens is 421 g/mol. The van der Waals surface area contributed by atoms with Crippen LogP contribution in [0.25, 0.3) is 5.69 Å². The maximum absolute atomic E-state index is 13.8. The van der Waals surface area contributed by atoms with Gasteiger partial charge in [-0.25, -0.2) is 9.07 Å². The molecule has 1 unspecified atom stereocenters. The zero-order valence-corrected chi connectivity index (χ0v) is 19.9. The van der Waals surface area contributed by atoms with E-state index in [1.54, 1.807) is 16.8 Å². The van der Waals surface area contributed by atoms with E-state index in [-0.39, 0.29) is 18.5 Å². The van der Waals surface area contributed by atoms with Crippen molar-refractivity contribution in [2.75, 3.05) is 19.7 Å².